The van der Waals surface area contributed by atoms with Gasteiger partial charge in [-0.25, -0.2) is 4.98 Å². The number of pyridine rings is 1. The molecule has 1 aliphatic heterocycles. The summed E-state index contributed by atoms with van der Waals surface area (Å²) < 4.78 is 0. The van der Waals surface area contributed by atoms with E-state index in [-0.39, 0.29) is 0 Å². The SMILES string of the molecule is CC(C)Nc1ccc(CC2CCNC2)cn1. The lowest BCUT2D eigenvalue weighted by Crippen LogP contribution is -2.12. The molecule has 1 fully saturated rings. The van der Waals surface area contributed by atoms with Gasteiger partial charge in [0.25, 0.3) is 0 Å². The van der Waals surface area contributed by atoms with Crippen LogP contribution in [0.3, 0.4) is 0 Å². The molecule has 1 aliphatic rings. The first-order valence-electron chi connectivity index (χ1n) is 6.16. The van der Waals surface area contributed by atoms with Crippen LogP contribution in [0.15, 0.2) is 18.3 Å². The third-order valence-corrected chi connectivity index (χ3v) is 2.95. The Morgan fingerprint density at radius 2 is 2.38 bits per heavy atom. The predicted octanol–water partition coefficient (Wildman–Crippen LogP) is 2.05. The maximum Gasteiger partial charge on any atom is 0.126 e. The molecular weight excluding hydrogens is 198 g/mol. The van der Waals surface area contributed by atoms with E-state index >= 15 is 0 Å². The van der Waals surface area contributed by atoms with Gasteiger partial charge in [0.1, 0.15) is 5.82 Å². The van der Waals surface area contributed by atoms with Crippen LogP contribution in [0.1, 0.15) is 25.8 Å². The van der Waals surface area contributed by atoms with E-state index in [4.69, 9.17) is 0 Å². The van der Waals surface area contributed by atoms with Gasteiger partial charge in [0.05, 0.1) is 0 Å². The zero-order valence-corrected chi connectivity index (χ0v) is 10.2. The standard InChI is InChI=1S/C13H21N3/c1-10(2)16-13-4-3-11(9-15-13)7-12-5-6-14-8-12/h3-4,9-10,12,14H,5-8H2,1-2H3,(H,15,16). The Hall–Kier alpha value is -1.09. The van der Waals surface area contributed by atoms with Crippen molar-refractivity contribution in [1.29, 1.82) is 0 Å². The minimum Gasteiger partial charge on any atom is -0.368 e. The van der Waals surface area contributed by atoms with E-state index in [2.05, 4.69) is 41.6 Å². The molecule has 2 N–H and O–H groups in total. The first-order chi connectivity index (χ1) is 7.74. The van der Waals surface area contributed by atoms with Crippen LogP contribution < -0.4 is 10.6 Å². The Labute approximate surface area is 97.7 Å². The monoisotopic (exact) mass is 219 g/mol. The number of aromatic nitrogens is 1. The molecule has 88 valence electrons. The Morgan fingerprint density at radius 1 is 1.50 bits per heavy atom. The molecule has 0 aliphatic carbocycles. The summed E-state index contributed by atoms with van der Waals surface area (Å²) in [4.78, 5) is 4.43. The average Bonchev–Trinajstić information content (AvgIpc) is 2.73. The number of nitrogens with zero attached hydrogens (tertiary/aromatic N) is 1. The molecule has 1 aromatic heterocycles. The van der Waals surface area contributed by atoms with Crippen LogP contribution in [-0.4, -0.2) is 24.1 Å². The first-order valence-corrected chi connectivity index (χ1v) is 6.16. The zero-order chi connectivity index (χ0) is 11.4. The van der Waals surface area contributed by atoms with Gasteiger partial charge in [-0.3, -0.25) is 0 Å². The molecule has 2 heterocycles. The molecule has 1 saturated heterocycles. The molecule has 1 atom stereocenters. The highest BCUT2D eigenvalue weighted by atomic mass is 15.0. The fraction of sp³-hybridized carbons (Fsp3) is 0.615. The molecule has 0 amide bonds. The molecule has 0 bridgehead atoms. The molecule has 3 nitrogen and oxygen atoms in total. The van der Waals surface area contributed by atoms with Gasteiger partial charge in [0, 0.05) is 12.2 Å². The molecule has 0 radical (unpaired) electrons. The van der Waals surface area contributed by atoms with Crippen LogP contribution in [0.4, 0.5) is 5.82 Å². The molecular formula is C13H21N3. The highest BCUT2D eigenvalue weighted by Crippen LogP contribution is 2.15. The Bertz CT molecular complexity index is 312. The summed E-state index contributed by atoms with van der Waals surface area (Å²) in [6, 6.07) is 4.71. The molecule has 1 unspecified atom stereocenters. The summed E-state index contributed by atoms with van der Waals surface area (Å²) in [6.45, 7) is 6.58. The summed E-state index contributed by atoms with van der Waals surface area (Å²) >= 11 is 0. The Kier molecular flexibility index (Phi) is 3.78. The minimum atomic E-state index is 0.442. The minimum absolute atomic E-state index is 0.442. The predicted molar refractivity (Wildman–Crippen MR) is 67.7 cm³/mol. The van der Waals surface area contributed by atoms with Crippen molar-refractivity contribution < 1.29 is 0 Å². The lowest BCUT2D eigenvalue weighted by Gasteiger charge is -2.11. The van der Waals surface area contributed by atoms with Crippen LogP contribution in [0, 0.1) is 5.92 Å². The number of hydrogen-bond donors (Lipinski definition) is 2. The number of nitrogens with one attached hydrogen (secondary N) is 2. The van der Waals surface area contributed by atoms with E-state index in [1.54, 1.807) is 0 Å². The second-order valence-corrected chi connectivity index (χ2v) is 4.91. The topological polar surface area (TPSA) is 37.0 Å². The lowest BCUT2D eigenvalue weighted by molar-refractivity contribution is 0.579. The lowest BCUT2D eigenvalue weighted by atomic mass is 10.00. The van der Waals surface area contributed by atoms with E-state index in [1.165, 1.54) is 18.5 Å². The summed E-state index contributed by atoms with van der Waals surface area (Å²) in [7, 11) is 0. The first kappa shape index (κ1) is 11.4. The summed E-state index contributed by atoms with van der Waals surface area (Å²) in [5, 5.41) is 6.70. The summed E-state index contributed by atoms with van der Waals surface area (Å²) in [5.74, 6) is 1.77. The zero-order valence-electron chi connectivity index (χ0n) is 10.2. The molecule has 16 heavy (non-hydrogen) atoms. The van der Waals surface area contributed by atoms with Crippen molar-refractivity contribution in [2.45, 2.75) is 32.7 Å². The van der Waals surface area contributed by atoms with Gasteiger partial charge in [0.2, 0.25) is 0 Å². The molecule has 0 saturated carbocycles. The average molecular weight is 219 g/mol. The second kappa shape index (κ2) is 5.30. The van der Waals surface area contributed by atoms with Gasteiger partial charge in [-0.1, -0.05) is 6.07 Å². The van der Waals surface area contributed by atoms with Gasteiger partial charge in [-0.05, 0) is 57.3 Å². The largest absolute Gasteiger partial charge is 0.368 e. The highest BCUT2D eigenvalue weighted by molar-refractivity contribution is 5.36. The van der Waals surface area contributed by atoms with Gasteiger partial charge >= 0.3 is 0 Å². The van der Waals surface area contributed by atoms with Crippen molar-refractivity contribution >= 4 is 5.82 Å². The summed E-state index contributed by atoms with van der Waals surface area (Å²) in [5.41, 5.74) is 1.35. The normalized spacial score (nSPS) is 20.3. The number of rotatable bonds is 4. The van der Waals surface area contributed by atoms with Crippen molar-refractivity contribution in [3.63, 3.8) is 0 Å². The van der Waals surface area contributed by atoms with Gasteiger partial charge in [-0.15, -0.1) is 0 Å². The Morgan fingerprint density at radius 3 is 2.94 bits per heavy atom. The van der Waals surface area contributed by atoms with Crippen molar-refractivity contribution in [1.82, 2.24) is 10.3 Å². The quantitative estimate of drug-likeness (QED) is 0.814. The molecule has 0 aromatic carbocycles. The number of hydrogen-bond acceptors (Lipinski definition) is 3. The van der Waals surface area contributed by atoms with Crippen LogP contribution >= 0.6 is 0 Å². The van der Waals surface area contributed by atoms with Crippen molar-refractivity contribution in [2.24, 2.45) is 5.92 Å². The Balaban J connectivity index is 1.90. The van der Waals surface area contributed by atoms with E-state index in [9.17, 15) is 0 Å². The fourth-order valence-electron chi connectivity index (χ4n) is 2.15. The van der Waals surface area contributed by atoms with E-state index in [1.807, 2.05) is 6.20 Å². The molecule has 1 aromatic rings. The van der Waals surface area contributed by atoms with Gasteiger partial charge < -0.3 is 10.6 Å². The maximum absolute atomic E-state index is 4.43. The molecule has 2 rings (SSSR count). The van der Waals surface area contributed by atoms with Crippen LogP contribution in [0.2, 0.25) is 0 Å². The fourth-order valence-corrected chi connectivity index (χ4v) is 2.15. The smallest absolute Gasteiger partial charge is 0.126 e. The number of anilines is 1. The van der Waals surface area contributed by atoms with Crippen molar-refractivity contribution in [3.05, 3.63) is 23.9 Å². The maximum atomic E-state index is 4.43. The third kappa shape index (κ3) is 3.20. The molecule has 3 heteroatoms. The van der Waals surface area contributed by atoms with Crippen LogP contribution in [0.5, 0.6) is 0 Å². The summed E-state index contributed by atoms with van der Waals surface area (Å²) in [6.07, 6.45) is 4.46. The second-order valence-electron chi connectivity index (χ2n) is 4.91. The third-order valence-electron chi connectivity index (χ3n) is 2.95. The van der Waals surface area contributed by atoms with Crippen molar-refractivity contribution in [2.75, 3.05) is 18.4 Å². The highest BCUT2D eigenvalue weighted by Gasteiger charge is 2.14. The van der Waals surface area contributed by atoms with Gasteiger partial charge in [-0.2, -0.15) is 0 Å². The van der Waals surface area contributed by atoms with E-state index in [0.29, 0.717) is 6.04 Å². The van der Waals surface area contributed by atoms with Crippen LogP contribution in [0.25, 0.3) is 0 Å². The van der Waals surface area contributed by atoms with E-state index in [0.717, 1.165) is 24.7 Å². The van der Waals surface area contributed by atoms with E-state index < -0.39 is 0 Å². The molecule has 0 spiro atoms. The van der Waals surface area contributed by atoms with Gasteiger partial charge in [0.15, 0.2) is 0 Å². The van der Waals surface area contributed by atoms with Crippen LogP contribution in [-0.2, 0) is 6.42 Å². The van der Waals surface area contributed by atoms with Crippen molar-refractivity contribution in [3.8, 4) is 0 Å².